The number of alkyl halides is 14. The number of hydrogen-bond donors (Lipinski definition) is 2. The summed E-state index contributed by atoms with van der Waals surface area (Å²) in [5.74, 6) is -29.4. The van der Waals surface area contributed by atoms with E-state index in [1.807, 2.05) is 0 Å². The molecule has 16 heteroatoms. The Kier molecular flexibility index (Phi) is 6.26. The van der Waals surface area contributed by atoms with E-state index in [2.05, 4.69) is 0 Å². The predicted octanol–water partition coefficient (Wildman–Crippen LogP) is 7.34. The summed E-state index contributed by atoms with van der Waals surface area (Å²) in [6.07, 6.45) is -13.6. The highest BCUT2D eigenvalue weighted by molar-refractivity contribution is 5.68. The molecule has 0 aliphatic rings. The summed E-state index contributed by atoms with van der Waals surface area (Å²) in [7, 11) is 0. The van der Waals surface area contributed by atoms with Crippen molar-refractivity contribution in [2.45, 2.75) is 36.0 Å². The molecule has 2 rings (SSSR count). The lowest BCUT2D eigenvalue weighted by molar-refractivity contribution is -0.360. The van der Waals surface area contributed by atoms with Crippen LogP contribution in [-0.4, -0.2) is 34.4 Å². The monoisotopic (exact) mass is 522 g/mol. The number of halogens is 14. The van der Waals surface area contributed by atoms with E-state index in [9.17, 15) is 71.7 Å². The van der Waals surface area contributed by atoms with Gasteiger partial charge in [0.15, 0.2) is 0 Å². The zero-order valence-electron chi connectivity index (χ0n) is 15.7. The van der Waals surface area contributed by atoms with Gasteiger partial charge in [0, 0.05) is 0 Å². The van der Waals surface area contributed by atoms with Gasteiger partial charge in [0.1, 0.15) is 11.5 Å². The minimum Gasteiger partial charge on any atom is -0.507 e. The maximum absolute atomic E-state index is 14.0. The number of phenols is 2. The van der Waals surface area contributed by atoms with Crippen LogP contribution >= 0.6 is 0 Å². The molecule has 0 bridgehead atoms. The third-order valence-electron chi connectivity index (χ3n) is 4.50. The third-order valence-corrected chi connectivity index (χ3v) is 4.50. The number of hydrogen-bond acceptors (Lipinski definition) is 2. The van der Waals surface area contributed by atoms with Crippen LogP contribution in [0.3, 0.4) is 0 Å². The smallest absolute Gasteiger partial charge is 0.460 e. The van der Waals surface area contributed by atoms with Gasteiger partial charge in [-0.25, -0.2) is 0 Å². The van der Waals surface area contributed by atoms with Gasteiger partial charge in [-0.05, 0) is 35.4 Å². The lowest BCUT2D eigenvalue weighted by atomic mass is 9.93. The predicted molar refractivity (Wildman–Crippen MR) is 85.0 cm³/mol. The van der Waals surface area contributed by atoms with Crippen molar-refractivity contribution in [3.05, 3.63) is 47.5 Å². The van der Waals surface area contributed by atoms with Crippen LogP contribution in [0.2, 0.25) is 0 Å². The van der Waals surface area contributed by atoms with E-state index < -0.39 is 69.8 Å². The average Bonchev–Trinajstić information content (AvgIpc) is 2.66. The fourth-order valence-electron chi connectivity index (χ4n) is 2.63. The van der Waals surface area contributed by atoms with Crippen molar-refractivity contribution >= 4 is 0 Å². The summed E-state index contributed by atoms with van der Waals surface area (Å²) in [6, 6.07) is 0.699. The van der Waals surface area contributed by atoms with Crippen LogP contribution in [-0.2, 0) is 11.8 Å². The van der Waals surface area contributed by atoms with Crippen molar-refractivity contribution < 1.29 is 71.7 Å². The summed E-state index contributed by atoms with van der Waals surface area (Å²) >= 11 is 0. The molecule has 0 radical (unpaired) electrons. The van der Waals surface area contributed by atoms with Crippen molar-refractivity contribution in [3.63, 3.8) is 0 Å². The molecule has 0 saturated carbocycles. The molecule has 2 aromatic rings. The van der Waals surface area contributed by atoms with Gasteiger partial charge in [0.25, 0.3) is 0 Å². The van der Waals surface area contributed by atoms with Gasteiger partial charge in [-0.3, -0.25) is 0 Å². The fourth-order valence-corrected chi connectivity index (χ4v) is 2.63. The van der Waals surface area contributed by atoms with E-state index in [0.717, 1.165) is 0 Å². The molecule has 0 aromatic heterocycles. The second kappa shape index (κ2) is 7.80. The molecule has 2 aromatic carbocycles. The maximum atomic E-state index is 14.0. The Bertz CT molecular complexity index is 984. The molecule has 0 unspecified atom stereocenters. The number of phenolic OH excluding ortho intramolecular Hbond substituents is 2. The van der Waals surface area contributed by atoms with Crippen LogP contribution in [0.15, 0.2) is 36.4 Å². The molecule has 0 fully saturated rings. The minimum absolute atomic E-state index is 0.125. The van der Waals surface area contributed by atoms with Gasteiger partial charge < -0.3 is 10.2 Å². The van der Waals surface area contributed by atoms with Gasteiger partial charge in [-0.2, -0.15) is 61.5 Å². The van der Waals surface area contributed by atoms with Crippen molar-refractivity contribution in [1.82, 2.24) is 0 Å². The summed E-state index contributed by atoms with van der Waals surface area (Å²) < 4.78 is 184. The standard InChI is InChI=1S/C18H8F14O2/c19-13(20,15(23,24)17(27,28)29)9-5-7(1-3-11(9)33)8-2-4-12(34)10(6-8)14(21,22)16(25,26)18(30,31)32/h1-6,33-34H. The first kappa shape index (κ1) is 27.3. The molecule has 0 aliphatic carbocycles. The zero-order chi connectivity index (χ0) is 26.7. The molecular weight excluding hydrogens is 514 g/mol. The van der Waals surface area contributed by atoms with Crippen LogP contribution in [0.5, 0.6) is 11.5 Å². The quantitative estimate of drug-likeness (QED) is 0.404. The number of benzene rings is 2. The largest absolute Gasteiger partial charge is 0.507 e. The van der Waals surface area contributed by atoms with E-state index in [1.54, 1.807) is 0 Å². The topological polar surface area (TPSA) is 40.5 Å². The molecule has 0 atom stereocenters. The first-order valence-corrected chi connectivity index (χ1v) is 8.32. The molecule has 0 saturated heterocycles. The Morgan fingerprint density at radius 2 is 0.706 bits per heavy atom. The summed E-state index contributed by atoms with van der Waals surface area (Å²) in [4.78, 5) is 0. The van der Waals surface area contributed by atoms with Gasteiger partial charge in [0.2, 0.25) is 0 Å². The SMILES string of the molecule is Oc1ccc(-c2ccc(O)c(C(F)(F)C(F)(F)C(F)(F)F)c2)cc1C(F)(F)C(F)(F)C(F)(F)F. The zero-order valence-corrected chi connectivity index (χ0v) is 15.7. The second-order valence-electron chi connectivity index (χ2n) is 6.76. The Morgan fingerprint density at radius 1 is 0.441 bits per heavy atom. The molecule has 2 nitrogen and oxygen atoms in total. The Morgan fingerprint density at radius 3 is 0.941 bits per heavy atom. The first-order valence-electron chi connectivity index (χ1n) is 8.32. The van der Waals surface area contributed by atoms with Crippen molar-refractivity contribution in [1.29, 1.82) is 0 Å². The van der Waals surface area contributed by atoms with E-state index in [1.165, 1.54) is 0 Å². The van der Waals surface area contributed by atoms with Gasteiger partial charge in [0.05, 0.1) is 11.1 Å². The molecular formula is C18H8F14O2. The fraction of sp³-hybridized carbons (Fsp3) is 0.333. The average molecular weight is 522 g/mol. The van der Waals surface area contributed by atoms with Crippen LogP contribution in [0.1, 0.15) is 11.1 Å². The van der Waals surface area contributed by atoms with E-state index >= 15 is 0 Å². The molecule has 0 heterocycles. The van der Waals surface area contributed by atoms with Crippen molar-refractivity contribution in [2.75, 3.05) is 0 Å². The highest BCUT2D eigenvalue weighted by Gasteiger charge is 2.75. The Hall–Kier alpha value is -2.94. The highest BCUT2D eigenvalue weighted by Crippen LogP contribution is 2.55. The van der Waals surface area contributed by atoms with Gasteiger partial charge in [-0.15, -0.1) is 0 Å². The van der Waals surface area contributed by atoms with E-state index in [4.69, 9.17) is 0 Å². The molecule has 190 valence electrons. The minimum atomic E-state index is -6.82. The van der Waals surface area contributed by atoms with Gasteiger partial charge >= 0.3 is 36.0 Å². The van der Waals surface area contributed by atoms with Crippen molar-refractivity contribution in [3.8, 4) is 22.6 Å². The number of rotatable bonds is 5. The third kappa shape index (κ3) is 4.06. The van der Waals surface area contributed by atoms with Crippen LogP contribution in [0.4, 0.5) is 61.5 Å². The maximum Gasteiger partial charge on any atom is 0.460 e. The number of aromatic hydroxyl groups is 2. The Labute approximate surface area is 179 Å². The van der Waals surface area contributed by atoms with E-state index in [-0.39, 0.29) is 24.3 Å². The van der Waals surface area contributed by atoms with Crippen LogP contribution < -0.4 is 0 Å². The van der Waals surface area contributed by atoms with Crippen LogP contribution in [0.25, 0.3) is 11.1 Å². The molecule has 34 heavy (non-hydrogen) atoms. The summed E-state index contributed by atoms with van der Waals surface area (Å²) in [5, 5.41) is 18.8. The molecule has 0 amide bonds. The van der Waals surface area contributed by atoms with Gasteiger partial charge in [-0.1, -0.05) is 12.1 Å². The molecule has 0 aliphatic heterocycles. The molecule has 0 spiro atoms. The van der Waals surface area contributed by atoms with E-state index in [0.29, 0.717) is 12.1 Å². The van der Waals surface area contributed by atoms with Crippen molar-refractivity contribution in [2.24, 2.45) is 0 Å². The lowest BCUT2D eigenvalue weighted by Crippen LogP contribution is -2.50. The molecule has 2 N–H and O–H groups in total. The lowest BCUT2D eigenvalue weighted by Gasteiger charge is -2.29. The first-order chi connectivity index (χ1) is 15.0. The second-order valence-corrected chi connectivity index (χ2v) is 6.76. The normalized spacial score (nSPS) is 14.4. The Balaban J connectivity index is 2.71. The van der Waals surface area contributed by atoms with Crippen LogP contribution in [0, 0.1) is 0 Å². The summed E-state index contributed by atoms with van der Waals surface area (Å²) in [5.41, 5.74) is -6.71. The summed E-state index contributed by atoms with van der Waals surface area (Å²) in [6.45, 7) is 0. The highest BCUT2D eigenvalue weighted by atomic mass is 19.4.